The Morgan fingerprint density at radius 2 is 1.90 bits per heavy atom. The second-order valence-corrected chi connectivity index (χ2v) is 8.31. The maximum atomic E-state index is 4.85. The van der Waals surface area contributed by atoms with E-state index in [4.69, 9.17) is 5.10 Å². The van der Waals surface area contributed by atoms with Gasteiger partial charge in [-0.3, -0.25) is 9.58 Å². The molecule has 1 unspecified atom stereocenters. The Hall–Kier alpha value is -0.350. The van der Waals surface area contributed by atoms with Crippen LogP contribution in [0.5, 0.6) is 0 Å². The fourth-order valence-electron chi connectivity index (χ4n) is 3.81. The Labute approximate surface area is 137 Å². The number of alkyl halides is 1. The van der Waals surface area contributed by atoms with Crippen molar-refractivity contribution in [1.29, 1.82) is 0 Å². The molecule has 1 atom stereocenters. The number of rotatable bonds is 4. The smallest absolute Gasteiger partial charge is 0.0764 e. The van der Waals surface area contributed by atoms with Crippen LogP contribution in [0.2, 0.25) is 0 Å². The molecule has 1 aromatic heterocycles. The third kappa shape index (κ3) is 4.10. The molecule has 3 nitrogen and oxygen atoms in total. The molecule has 1 aromatic rings. The molecule has 1 saturated heterocycles. The van der Waals surface area contributed by atoms with Crippen molar-refractivity contribution < 1.29 is 0 Å². The number of nitrogens with zero attached hydrogens (tertiary/aromatic N) is 3. The molecule has 0 spiro atoms. The first kappa shape index (κ1) is 15.5. The highest BCUT2D eigenvalue weighted by Crippen LogP contribution is 2.28. The zero-order chi connectivity index (χ0) is 14.7. The molecule has 0 N–H and O–H groups in total. The van der Waals surface area contributed by atoms with Crippen LogP contribution in [-0.4, -0.2) is 32.6 Å². The normalized spacial score (nSPS) is 24.3. The van der Waals surface area contributed by atoms with Gasteiger partial charge in [-0.2, -0.15) is 5.10 Å². The summed E-state index contributed by atoms with van der Waals surface area (Å²) in [5, 5.41) is 4.85. The van der Waals surface area contributed by atoms with E-state index in [9.17, 15) is 0 Å². The van der Waals surface area contributed by atoms with Gasteiger partial charge in [-0.25, -0.2) is 0 Å². The van der Waals surface area contributed by atoms with Crippen LogP contribution in [0.4, 0.5) is 0 Å². The fourth-order valence-corrected chi connectivity index (χ4v) is 4.34. The van der Waals surface area contributed by atoms with Crippen molar-refractivity contribution in [3.63, 3.8) is 0 Å². The van der Waals surface area contributed by atoms with Crippen LogP contribution < -0.4 is 0 Å². The molecule has 4 heteroatoms. The molecule has 1 aliphatic heterocycles. The summed E-state index contributed by atoms with van der Waals surface area (Å²) in [5.74, 6) is 0.848. The van der Waals surface area contributed by atoms with E-state index in [1.807, 2.05) is 0 Å². The van der Waals surface area contributed by atoms with Gasteiger partial charge < -0.3 is 0 Å². The van der Waals surface area contributed by atoms with E-state index in [0.717, 1.165) is 12.5 Å². The average molecular weight is 354 g/mol. The van der Waals surface area contributed by atoms with E-state index in [1.165, 1.54) is 63.7 Å². The van der Waals surface area contributed by atoms with Gasteiger partial charge in [0.05, 0.1) is 11.7 Å². The van der Waals surface area contributed by atoms with Gasteiger partial charge in [0, 0.05) is 17.6 Å². The van der Waals surface area contributed by atoms with Crippen LogP contribution in [0.25, 0.3) is 0 Å². The average Bonchev–Trinajstić information content (AvgIpc) is 2.97. The van der Waals surface area contributed by atoms with Crippen molar-refractivity contribution >= 4 is 15.9 Å². The Balaban J connectivity index is 1.51. The van der Waals surface area contributed by atoms with Crippen LogP contribution in [0.3, 0.4) is 0 Å². The van der Waals surface area contributed by atoms with E-state index < -0.39 is 0 Å². The van der Waals surface area contributed by atoms with Crippen LogP contribution in [0.1, 0.15) is 63.6 Å². The minimum Gasteiger partial charge on any atom is -0.297 e. The minimum absolute atomic E-state index is 0.658. The van der Waals surface area contributed by atoms with Gasteiger partial charge in [0.1, 0.15) is 0 Å². The van der Waals surface area contributed by atoms with Gasteiger partial charge in [0.2, 0.25) is 0 Å². The van der Waals surface area contributed by atoms with Crippen LogP contribution in [0.15, 0.2) is 12.3 Å². The van der Waals surface area contributed by atoms with Crippen molar-refractivity contribution in [1.82, 2.24) is 14.7 Å². The Bertz CT molecular complexity index is 429. The zero-order valence-corrected chi connectivity index (χ0v) is 14.8. The SMILES string of the molecule is CC(Br)C1CCN(Cc2ccn(C3CCCCC3)n2)CC1. The number of piperidine rings is 1. The maximum Gasteiger partial charge on any atom is 0.0764 e. The molecule has 2 heterocycles. The Morgan fingerprint density at radius 1 is 1.19 bits per heavy atom. The summed E-state index contributed by atoms with van der Waals surface area (Å²) < 4.78 is 2.24. The van der Waals surface area contributed by atoms with E-state index in [1.54, 1.807) is 0 Å². The van der Waals surface area contributed by atoms with Gasteiger partial charge in [0.15, 0.2) is 0 Å². The second kappa shape index (κ2) is 7.28. The van der Waals surface area contributed by atoms with Crippen LogP contribution >= 0.6 is 15.9 Å². The molecule has 0 aromatic carbocycles. The quantitative estimate of drug-likeness (QED) is 0.748. The fraction of sp³-hybridized carbons (Fsp3) is 0.824. The summed E-state index contributed by atoms with van der Waals surface area (Å²) in [6, 6.07) is 2.89. The van der Waals surface area contributed by atoms with E-state index in [0.29, 0.717) is 10.9 Å². The van der Waals surface area contributed by atoms with Crippen molar-refractivity contribution in [2.24, 2.45) is 5.92 Å². The number of aromatic nitrogens is 2. The molecule has 3 rings (SSSR count). The van der Waals surface area contributed by atoms with Gasteiger partial charge in [-0.05, 0) is 50.8 Å². The molecular weight excluding hydrogens is 326 g/mol. The highest BCUT2D eigenvalue weighted by atomic mass is 79.9. The van der Waals surface area contributed by atoms with Crippen molar-refractivity contribution in [2.75, 3.05) is 13.1 Å². The van der Waals surface area contributed by atoms with Crippen molar-refractivity contribution in [2.45, 2.75) is 69.3 Å². The predicted octanol–water partition coefficient (Wildman–Crippen LogP) is 4.38. The molecule has 0 amide bonds. The largest absolute Gasteiger partial charge is 0.297 e. The summed E-state index contributed by atoms with van der Waals surface area (Å²) in [6.07, 6.45) is 11.6. The van der Waals surface area contributed by atoms with Gasteiger partial charge in [-0.1, -0.05) is 42.1 Å². The lowest BCUT2D eigenvalue weighted by Gasteiger charge is -2.32. The first-order chi connectivity index (χ1) is 10.2. The molecule has 1 saturated carbocycles. The number of halogens is 1. The van der Waals surface area contributed by atoms with Crippen LogP contribution in [0, 0.1) is 5.92 Å². The summed E-state index contributed by atoms with van der Waals surface area (Å²) in [4.78, 5) is 3.23. The van der Waals surface area contributed by atoms with Gasteiger partial charge in [0.25, 0.3) is 0 Å². The van der Waals surface area contributed by atoms with Gasteiger partial charge >= 0.3 is 0 Å². The van der Waals surface area contributed by atoms with Gasteiger partial charge in [-0.15, -0.1) is 0 Å². The number of hydrogen-bond acceptors (Lipinski definition) is 2. The highest BCUT2D eigenvalue weighted by Gasteiger charge is 2.23. The van der Waals surface area contributed by atoms with Crippen molar-refractivity contribution in [3.8, 4) is 0 Å². The lowest BCUT2D eigenvalue weighted by molar-refractivity contribution is 0.175. The van der Waals surface area contributed by atoms with E-state index >= 15 is 0 Å². The molecular formula is C17H28BrN3. The van der Waals surface area contributed by atoms with E-state index in [-0.39, 0.29) is 0 Å². The topological polar surface area (TPSA) is 21.1 Å². The Kier molecular flexibility index (Phi) is 5.38. The highest BCUT2D eigenvalue weighted by molar-refractivity contribution is 9.09. The zero-order valence-electron chi connectivity index (χ0n) is 13.2. The third-order valence-electron chi connectivity index (χ3n) is 5.28. The lowest BCUT2D eigenvalue weighted by atomic mass is 9.94. The number of likely N-dealkylation sites (tertiary alicyclic amines) is 1. The first-order valence-electron chi connectivity index (χ1n) is 8.63. The summed E-state index contributed by atoms with van der Waals surface area (Å²) in [7, 11) is 0. The van der Waals surface area contributed by atoms with Crippen molar-refractivity contribution in [3.05, 3.63) is 18.0 Å². The summed E-state index contributed by atoms with van der Waals surface area (Å²) in [6.45, 7) is 5.75. The maximum absolute atomic E-state index is 4.85. The summed E-state index contributed by atoms with van der Waals surface area (Å²) >= 11 is 3.74. The lowest BCUT2D eigenvalue weighted by Crippen LogP contribution is -2.35. The molecule has 1 aliphatic carbocycles. The molecule has 0 bridgehead atoms. The summed E-state index contributed by atoms with van der Waals surface area (Å²) in [5.41, 5.74) is 1.26. The Morgan fingerprint density at radius 3 is 2.57 bits per heavy atom. The van der Waals surface area contributed by atoms with Crippen LogP contribution in [-0.2, 0) is 6.54 Å². The molecule has 2 aliphatic rings. The number of hydrogen-bond donors (Lipinski definition) is 0. The minimum atomic E-state index is 0.658. The third-order valence-corrected chi connectivity index (χ3v) is 6.03. The molecule has 0 radical (unpaired) electrons. The molecule has 2 fully saturated rings. The molecule has 118 valence electrons. The standard InChI is InChI=1S/C17H28BrN3/c1-14(18)15-7-10-20(11-8-15)13-16-9-12-21(19-16)17-5-3-2-4-6-17/h9,12,14-15,17H,2-8,10-11,13H2,1H3. The second-order valence-electron chi connectivity index (χ2n) is 6.87. The first-order valence-corrected chi connectivity index (χ1v) is 9.54. The molecule has 21 heavy (non-hydrogen) atoms. The predicted molar refractivity (Wildman–Crippen MR) is 90.7 cm³/mol. The monoisotopic (exact) mass is 353 g/mol. The van der Waals surface area contributed by atoms with E-state index in [2.05, 4.69) is 44.7 Å².